The van der Waals surface area contributed by atoms with Gasteiger partial charge in [0.1, 0.15) is 11.7 Å². The Kier molecular flexibility index (Phi) is 3.38. The molecule has 1 radical (unpaired) electrons. The first-order chi connectivity index (χ1) is 6.29. The molecule has 0 aliphatic heterocycles. The number of carbonyl (C=O) groups is 1. The largest absolute Gasteiger partial charge is 0.299 e. The lowest BCUT2D eigenvalue weighted by atomic mass is 9.95. The van der Waals surface area contributed by atoms with Crippen LogP contribution in [0.25, 0.3) is 0 Å². The van der Waals surface area contributed by atoms with Crippen LogP contribution in [0.1, 0.15) is 24.8 Å². The molecule has 0 saturated carbocycles. The molecule has 2 heteroatoms. The monoisotopic (exact) mass is 175 g/mol. The smallest absolute Gasteiger partial charge is 0.214 e. The van der Waals surface area contributed by atoms with Crippen molar-refractivity contribution in [2.75, 3.05) is 0 Å². The fourth-order valence-corrected chi connectivity index (χ4v) is 1.17. The third-order valence-electron chi connectivity index (χ3n) is 1.92. The molecule has 0 bridgehead atoms. The lowest BCUT2D eigenvalue weighted by molar-refractivity contribution is -0.118. The van der Waals surface area contributed by atoms with Crippen molar-refractivity contribution in [3.05, 3.63) is 35.9 Å². The van der Waals surface area contributed by atoms with Crippen LogP contribution in [-0.4, -0.2) is 12.1 Å². The maximum Gasteiger partial charge on any atom is 0.214 e. The normalized spacial score (nSPS) is 12.1. The molecule has 0 aliphatic rings. The maximum absolute atomic E-state index is 11.3. The molecule has 0 N–H and O–H groups in total. The van der Waals surface area contributed by atoms with Crippen molar-refractivity contribution in [1.29, 1.82) is 0 Å². The third-order valence-corrected chi connectivity index (χ3v) is 1.92. The number of hydrogen-bond donors (Lipinski definition) is 0. The molecule has 0 fully saturated rings. The number of carbonyl (C=O) groups excluding carboxylic acids is 2. The van der Waals surface area contributed by atoms with Gasteiger partial charge >= 0.3 is 0 Å². The second kappa shape index (κ2) is 4.55. The summed E-state index contributed by atoms with van der Waals surface area (Å²) < 4.78 is 0. The van der Waals surface area contributed by atoms with Crippen LogP contribution < -0.4 is 0 Å². The summed E-state index contributed by atoms with van der Waals surface area (Å²) in [5.74, 6) is -0.785. The predicted molar refractivity (Wildman–Crippen MR) is 50.2 cm³/mol. The van der Waals surface area contributed by atoms with Gasteiger partial charge in [0.25, 0.3) is 0 Å². The van der Waals surface area contributed by atoms with E-state index in [1.807, 2.05) is 18.2 Å². The quantitative estimate of drug-likeness (QED) is 0.654. The van der Waals surface area contributed by atoms with E-state index in [0.29, 0.717) is 6.42 Å². The van der Waals surface area contributed by atoms with Crippen molar-refractivity contribution in [1.82, 2.24) is 0 Å². The summed E-state index contributed by atoms with van der Waals surface area (Å²) in [5.41, 5.74) is 0.726. The fraction of sp³-hybridized carbons (Fsp3) is 0.273. The molecule has 0 saturated heterocycles. The third kappa shape index (κ3) is 2.25. The van der Waals surface area contributed by atoms with E-state index >= 15 is 0 Å². The van der Waals surface area contributed by atoms with Crippen LogP contribution >= 0.6 is 0 Å². The van der Waals surface area contributed by atoms with Crippen molar-refractivity contribution in [2.45, 2.75) is 19.3 Å². The van der Waals surface area contributed by atoms with Gasteiger partial charge in [0.05, 0.1) is 0 Å². The number of ketones is 1. The first-order valence-electron chi connectivity index (χ1n) is 4.25. The van der Waals surface area contributed by atoms with E-state index < -0.39 is 5.92 Å². The Bertz CT molecular complexity index is 290. The SMILES string of the molecule is CCC(=O)C([C]=O)c1ccccc1. The number of Topliss-reactive ketones (excluding diaryl/α,β-unsaturated/α-hetero) is 1. The van der Waals surface area contributed by atoms with Crippen molar-refractivity contribution in [3.8, 4) is 0 Å². The summed E-state index contributed by atoms with van der Waals surface area (Å²) in [4.78, 5) is 21.8. The van der Waals surface area contributed by atoms with Crippen molar-refractivity contribution < 1.29 is 9.59 Å². The molecule has 0 heterocycles. The van der Waals surface area contributed by atoms with Gasteiger partial charge in [-0.3, -0.25) is 9.59 Å². The average Bonchev–Trinajstić information content (AvgIpc) is 2.20. The lowest BCUT2D eigenvalue weighted by Crippen LogP contribution is -2.12. The maximum atomic E-state index is 11.3. The molecule has 1 aromatic carbocycles. The standard InChI is InChI=1S/C11H11O2/c1-2-11(13)10(8-12)9-6-4-3-5-7-9/h3-7,10H,2H2,1H3. The molecular weight excluding hydrogens is 164 g/mol. The summed E-state index contributed by atoms with van der Waals surface area (Å²) in [6.45, 7) is 1.75. The van der Waals surface area contributed by atoms with E-state index in [0.717, 1.165) is 5.56 Å². The number of rotatable bonds is 4. The summed E-state index contributed by atoms with van der Waals surface area (Å²) in [6, 6.07) is 9.00. The van der Waals surface area contributed by atoms with E-state index in [1.165, 1.54) is 0 Å². The first kappa shape index (κ1) is 9.65. The van der Waals surface area contributed by atoms with Crippen LogP contribution in [0.5, 0.6) is 0 Å². The van der Waals surface area contributed by atoms with Gasteiger partial charge in [-0.1, -0.05) is 37.3 Å². The molecule has 13 heavy (non-hydrogen) atoms. The topological polar surface area (TPSA) is 34.1 Å². The average molecular weight is 175 g/mol. The van der Waals surface area contributed by atoms with Gasteiger partial charge in [-0.25, -0.2) is 0 Å². The summed E-state index contributed by atoms with van der Waals surface area (Å²) >= 11 is 0. The Morgan fingerprint density at radius 1 is 1.38 bits per heavy atom. The van der Waals surface area contributed by atoms with Gasteiger partial charge in [0.2, 0.25) is 6.29 Å². The Hall–Kier alpha value is -1.44. The molecule has 67 valence electrons. The highest BCUT2D eigenvalue weighted by atomic mass is 16.1. The minimum atomic E-state index is -0.703. The molecular formula is C11H11O2. The molecule has 1 aromatic rings. The number of benzene rings is 1. The van der Waals surface area contributed by atoms with Crippen LogP contribution in [0.15, 0.2) is 30.3 Å². The minimum absolute atomic E-state index is 0.0822. The van der Waals surface area contributed by atoms with Crippen LogP contribution in [0.4, 0.5) is 0 Å². The summed E-state index contributed by atoms with van der Waals surface area (Å²) in [7, 11) is 0. The fourth-order valence-electron chi connectivity index (χ4n) is 1.17. The highest BCUT2D eigenvalue weighted by Gasteiger charge is 2.18. The van der Waals surface area contributed by atoms with Gasteiger partial charge in [0.15, 0.2) is 0 Å². The van der Waals surface area contributed by atoms with Gasteiger partial charge in [-0.15, -0.1) is 0 Å². The second-order valence-electron chi connectivity index (χ2n) is 2.78. The number of hydrogen-bond acceptors (Lipinski definition) is 2. The van der Waals surface area contributed by atoms with Gasteiger partial charge in [0, 0.05) is 6.42 Å². The molecule has 1 rings (SSSR count). The van der Waals surface area contributed by atoms with Crippen LogP contribution in [0.2, 0.25) is 0 Å². The van der Waals surface area contributed by atoms with Gasteiger partial charge in [-0.05, 0) is 5.56 Å². The van der Waals surface area contributed by atoms with Crippen molar-refractivity contribution in [3.63, 3.8) is 0 Å². The van der Waals surface area contributed by atoms with Gasteiger partial charge < -0.3 is 0 Å². The zero-order valence-corrected chi connectivity index (χ0v) is 7.49. The molecule has 1 unspecified atom stereocenters. The summed E-state index contributed by atoms with van der Waals surface area (Å²) in [6.07, 6.45) is 2.14. The second-order valence-corrected chi connectivity index (χ2v) is 2.78. The lowest BCUT2D eigenvalue weighted by Gasteiger charge is -2.06. The van der Waals surface area contributed by atoms with E-state index in [1.54, 1.807) is 25.3 Å². The molecule has 0 aliphatic carbocycles. The highest BCUT2D eigenvalue weighted by molar-refractivity contribution is 5.98. The Morgan fingerprint density at radius 2 is 2.00 bits per heavy atom. The molecule has 0 aromatic heterocycles. The molecule has 0 spiro atoms. The first-order valence-corrected chi connectivity index (χ1v) is 4.25. The van der Waals surface area contributed by atoms with Crippen molar-refractivity contribution >= 4 is 12.1 Å². The Labute approximate surface area is 77.6 Å². The van der Waals surface area contributed by atoms with Crippen LogP contribution in [0.3, 0.4) is 0 Å². The van der Waals surface area contributed by atoms with Crippen LogP contribution in [0, 0.1) is 0 Å². The van der Waals surface area contributed by atoms with Gasteiger partial charge in [-0.2, -0.15) is 0 Å². The molecule has 1 atom stereocenters. The van der Waals surface area contributed by atoms with E-state index in [4.69, 9.17) is 0 Å². The minimum Gasteiger partial charge on any atom is -0.299 e. The molecule has 0 amide bonds. The Balaban J connectivity index is 2.91. The summed E-state index contributed by atoms with van der Waals surface area (Å²) in [5, 5.41) is 0. The van der Waals surface area contributed by atoms with E-state index in [2.05, 4.69) is 0 Å². The van der Waals surface area contributed by atoms with E-state index in [-0.39, 0.29) is 5.78 Å². The van der Waals surface area contributed by atoms with Crippen LogP contribution in [-0.2, 0) is 9.59 Å². The Morgan fingerprint density at radius 3 is 2.46 bits per heavy atom. The predicted octanol–water partition coefficient (Wildman–Crippen LogP) is 1.86. The van der Waals surface area contributed by atoms with E-state index in [9.17, 15) is 9.59 Å². The molecule has 2 nitrogen and oxygen atoms in total. The zero-order valence-electron chi connectivity index (χ0n) is 7.49. The van der Waals surface area contributed by atoms with Crippen molar-refractivity contribution in [2.24, 2.45) is 0 Å². The zero-order chi connectivity index (χ0) is 9.68. The highest BCUT2D eigenvalue weighted by Crippen LogP contribution is 2.15.